The van der Waals surface area contributed by atoms with Crippen molar-refractivity contribution in [1.82, 2.24) is 14.9 Å². The molecular formula is C14H20BrN5O. The molecule has 2 aliphatic heterocycles. The lowest BCUT2D eigenvalue weighted by Crippen LogP contribution is -2.51. The van der Waals surface area contributed by atoms with E-state index in [-0.39, 0.29) is 0 Å². The van der Waals surface area contributed by atoms with Crippen LogP contribution in [0.4, 0.5) is 11.6 Å². The Balaban J connectivity index is 1.76. The molecule has 1 unspecified atom stereocenters. The van der Waals surface area contributed by atoms with E-state index < -0.39 is 0 Å². The summed E-state index contributed by atoms with van der Waals surface area (Å²) < 4.78 is 0.913. The molecule has 2 saturated heterocycles. The van der Waals surface area contributed by atoms with Crippen LogP contribution in [0.3, 0.4) is 0 Å². The summed E-state index contributed by atoms with van der Waals surface area (Å²) in [5, 5.41) is 3.31. The van der Waals surface area contributed by atoms with Crippen molar-refractivity contribution in [3.05, 3.63) is 10.8 Å². The van der Waals surface area contributed by atoms with Crippen molar-refractivity contribution >= 4 is 33.5 Å². The molecule has 1 atom stereocenters. The van der Waals surface area contributed by atoms with Crippen LogP contribution in [-0.4, -0.2) is 53.0 Å². The quantitative estimate of drug-likeness (QED) is 0.895. The Bertz CT molecular complexity index is 538. The third kappa shape index (κ3) is 2.84. The van der Waals surface area contributed by atoms with Crippen LogP contribution in [0, 0.1) is 0 Å². The predicted octanol–water partition coefficient (Wildman–Crippen LogP) is 1.87. The molecule has 114 valence electrons. The van der Waals surface area contributed by atoms with Gasteiger partial charge in [-0.05, 0) is 28.8 Å². The molecule has 0 bridgehead atoms. The van der Waals surface area contributed by atoms with Gasteiger partial charge >= 0.3 is 0 Å². The van der Waals surface area contributed by atoms with E-state index in [4.69, 9.17) is 0 Å². The van der Waals surface area contributed by atoms with Gasteiger partial charge in [0.05, 0.1) is 0 Å². The van der Waals surface area contributed by atoms with Gasteiger partial charge in [0.1, 0.15) is 22.4 Å². The second-order valence-corrected chi connectivity index (χ2v) is 6.31. The number of carbonyl (C=O) groups is 1. The number of amides is 1. The first-order valence-electron chi connectivity index (χ1n) is 7.49. The summed E-state index contributed by atoms with van der Waals surface area (Å²) >= 11 is 3.62. The summed E-state index contributed by atoms with van der Waals surface area (Å²) in [5.41, 5.74) is 0. The minimum absolute atomic E-state index is 0.298. The molecule has 1 amide bonds. The summed E-state index contributed by atoms with van der Waals surface area (Å²) in [4.78, 5) is 24.7. The van der Waals surface area contributed by atoms with Gasteiger partial charge in [0.15, 0.2) is 0 Å². The molecule has 3 heterocycles. The first kappa shape index (κ1) is 14.6. The third-order valence-corrected chi connectivity index (χ3v) is 4.84. The first-order valence-corrected chi connectivity index (χ1v) is 8.28. The number of nitrogens with one attached hydrogen (secondary N) is 1. The van der Waals surface area contributed by atoms with Gasteiger partial charge in [-0.15, -0.1) is 0 Å². The van der Waals surface area contributed by atoms with Crippen LogP contribution in [0.15, 0.2) is 10.8 Å². The summed E-state index contributed by atoms with van der Waals surface area (Å²) in [6.45, 7) is 5.48. The molecule has 1 N–H and O–H groups in total. The second-order valence-electron chi connectivity index (χ2n) is 5.51. The molecule has 6 nitrogen and oxygen atoms in total. The molecule has 1 aromatic heterocycles. The van der Waals surface area contributed by atoms with Crippen molar-refractivity contribution in [1.29, 1.82) is 0 Å². The standard InChI is InChI=1S/C14H20BrN5O/c1-2-5-16-13-12(15)14(18-9-17-13)19-6-7-20-10(8-19)3-4-11(20)21/h9-10H,2-8H2,1H3,(H,16,17,18). The molecule has 7 heteroatoms. The lowest BCUT2D eigenvalue weighted by atomic mass is 10.1. The number of piperazine rings is 1. The maximum absolute atomic E-state index is 11.8. The molecule has 0 radical (unpaired) electrons. The number of halogens is 1. The van der Waals surface area contributed by atoms with Crippen LogP contribution in [0.25, 0.3) is 0 Å². The zero-order chi connectivity index (χ0) is 14.8. The van der Waals surface area contributed by atoms with Crippen LogP contribution >= 0.6 is 15.9 Å². The first-order chi connectivity index (χ1) is 10.2. The highest BCUT2D eigenvalue weighted by Crippen LogP contribution is 2.32. The molecular weight excluding hydrogens is 334 g/mol. The highest BCUT2D eigenvalue weighted by Gasteiger charge is 2.36. The summed E-state index contributed by atoms with van der Waals surface area (Å²) in [7, 11) is 0. The van der Waals surface area contributed by atoms with E-state index in [2.05, 4.69) is 43.0 Å². The van der Waals surface area contributed by atoms with Gasteiger partial charge < -0.3 is 15.1 Å². The number of anilines is 2. The van der Waals surface area contributed by atoms with Crippen molar-refractivity contribution in [3.63, 3.8) is 0 Å². The van der Waals surface area contributed by atoms with Crippen LogP contribution < -0.4 is 10.2 Å². The normalized spacial score (nSPS) is 21.6. The van der Waals surface area contributed by atoms with Gasteiger partial charge in [0, 0.05) is 38.6 Å². The topological polar surface area (TPSA) is 61.4 Å². The van der Waals surface area contributed by atoms with Crippen molar-refractivity contribution in [2.24, 2.45) is 0 Å². The van der Waals surface area contributed by atoms with Crippen molar-refractivity contribution in [2.45, 2.75) is 32.2 Å². The smallest absolute Gasteiger partial charge is 0.223 e. The van der Waals surface area contributed by atoms with E-state index in [1.54, 1.807) is 6.33 Å². The summed E-state index contributed by atoms with van der Waals surface area (Å²) in [6.07, 6.45) is 4.30. The summed E-state index contributed by atoms with van der Waals surface area (Å²) in [6, 6.07) is 0.333. The number of nitrogens with zero attached hydrogens (tertiary/aromatic N) is 4. The van der Waals surface area contributed by atoms with Gasteiger partial charge in [-0.3, -0.25) is 4.79 Å². The monoisotopic (exact) mass is 353 g/mol. The molecule has 2 aliphatic rings. The van der Waals surface area contributed by atoms with Crippen LogP contribution in [0.5, 0.6) is 0 Å². The maximum atomic E-state index is 11.8. The third-order valence-electron chi connectivity index (χ3n) is 4.11. The second kappa shape index (κ2) is 6.17. The van der Waals surface area contributed by atoms with E-state index in [1.165, 1.54) is 0 Å². The van der Waals surface area contributed by atoms with E-state index >= 15 is 0 Å². The lowest BCUT2D eigenvalue weighted by Gasteiger charge is -2.38. The highest BCUT2D eigenvalue weighted by molar-refractivity contribution is 9.10. The molecule has 3 rings (SSSR count). The zero-order valence-corrected chi connectivity index (χ0v) is 13.8. The van der Waals surface area contributed by atoms with E-state index in [0.29, 0.717) is 18.4 Å². The van der Waals surface area contributed by atoms with Crippen molar-refractivity contribution in [3.8, 4) is 0 Å². The number of hydrogen-bond donors (Lipinski definition) is 1. The van der Waals surface area contributed by atoms with Crippen molar-refractivity contribution < 1.29 is 4.79 Å². The summed E-state index contributed by atoms with van der Waals surface area (Å²) in [5.74, 6) is 2.06. The van der Waals surface area contributed by atoms with Gasteiger partial charge in [-0.25, -0.2) is 9.97 Å². The van der Waals surface area contributed by atoms with Crippen LogP contribution in [0.1, 0.15) is 26.2 Å². The molecule has 21 heavy (non-hydrogen) atoms. The van der Waals surface area contributed by atoms with Crippen LogP contribution in [0.2, 0.25) is 0 Å². The largest absolute Gasteiger partial charge is 0.369 e. The van der Waals surface area contributed by atoms with E-state index in [9.17, 15) is 4.79 Å². The van der Waals surface area contributed by atoms with Gasteiger partial charge in [0.2, 0.25) is 5.91 Å². The fraction of sp³-hybridized carbons (Fsp3) is 0.643. The lowest BCUT2D eigenvalue weighted by molar-refractivity contribution is -0.129. The van der Waals surface area contributed by atoms with Gasteiger partial charge in [-0.1, -0.05) is 6.92 Å². The average Bonchev–Trinajstić information content (AvgIpc) is 2.87. The minimum Gasteiger partial charge on any atom is -0.369 e. The number of rotatable bonds is 4. The fourth-order valence-corrected chi connectivity index (χ4v) is 3.60. The minimum atomic E-state index is 0.298. The molecule has 1 aromatic rings. The Morgan fingerprint density at radius 3 is 3.10 bits per heavy atom. The van der Waals surface area contributed by atoms with E-state index in [1.807, 2.05) is 4.90 Å². The Hall–Kier alpha value is -1.37. The van der Waals surface area contributed by atoms with Gasteiger partial charge in [-0.2, -0.15) is 0 Å². The van der Waals surface area contributed by atoms with Gasteiger partial charge in [0.25, 0.3) is 0 Å². The molecule has 0 aliphatic carbocycles. The molecule has 0 spiro atoms. The molecule has 0 saturated carbocycles. The predicted molar refractivity (Wildman–Crippen MR) is 85.5 cm³/mol. The number of hydrogen-bond acceptors (Lipinski definition) is 5. The Morgan fingerprint density at radius 2 is 2.29 bits per heavy atom. The SMILES string of the molecule is CCCNc1ncnc(N2CCN3C(=O)CCC3C2)c1Br. The fourth-order valence-electron chi connectivity index (χ4n) is 3.00. The highest BCUT2D eigenvalue weighted by atomic mass is 79.9. The molecule has 0 aromatic carbocycles. The molecule has 2 fully saturated rings. The Morgan fingerprint density at radius 1 is 1.43 bits per heavy atom. The number of aromatic nitrogens is 2. The number of carbonyl (C=O) groups excluding carboxylic acids is 1. The zero-order valence-electron chi connectivity index (χ0n) is 12.2. The Kier molecular flexibility index (Phi) is 4.28. The van der Waals surface area contributed by atoms with E-state index in [0.717, 1.165) is 55.1 Å². The maximum Gasteiger partial charge on any atom is 0.223 e. The number of fused-ring (bicyclic) bond motifs is 1. The van der Waals surface area contributed by atoms with Crippen molar-refractivity contribution in [2.75, 3.05) is 36.4 Å². The van der Waals surface area contributed by atoms with Crippen LogP contribution in [-0.2, 0) is 4.79 Å². The Labute approximate surface area is 133 Å². The average molecular weight is 354 g/mol.